The van der Waals surface area contributed by atoms with Gasteiger partial charge in [-0.15, -0.1) is 11.3 Å². The van der Waals surface area contributed by atoms with Crippen molar-refractivity contribution in [3.05, 3.63) is 51.9 Å². The lowest BCUT2D eigenvalue weighted by Gasteiger charge is -2.38. The molecule has 11 nitrogen and oxygen atoms in total. The van der Waals surface area contributed by atoms with E-state index in [0.717, 1.165) is 73.9 Å². The van der Waals surface area contributed by atoms with E-state index in [2.05, 4.69) is 51.8 Å². The standard InChI is InChI=1S/C32H43N9O2S/c1-31(2,3)43-30(42)40-16-14-38(15-17-40)23-18-25(39-12-10-37(6)11-13-39)36-26(19-23)41-21-22(20-35-41)32(4)9-7-8-24-27(32)28(34-5)29(33)44-24/h18-21H,7-17,33H2,1-4,6H3. The van der Waals surface area contributed by atoms with Crippen molar-refractivity contribution in [2.45, 2.75) is 58.0 Å². The number of rotatable bonds is 4. The van der Waals surface area contributed by atoms with Crippen molar-refractivity contribution in [2.75, 3.05) is 74.9 Å². The highest BCUT2D eigenvalue weighted by molar-refractivity contribution is 7.16. The molecule has 1 atom stereocenters. The SMILES string of the molecule is [C-]#[N+]c1c(N)sc2c1C(C)(c1cnn(-c3cc(N4CCN(C(=O)OC(C)(C)C)CC4)cc(N4CCN(C)CC4)n3)c1)CCC2. The van der Waals surface area contributed by atoms with Crippen molar-refractivity contribution in [3.8, 4) is 5.82 Å². The number of aromatic nitrogens is 3. The number of nitrogen functional groups attached to an aromatic ring is 1. The Kier molecular flexibility index (Phi) is 7.96. The molecule has 3 aromatic heterocycles. The van der Waals surface area contributed by atoms with Crippen LogP contribution in [0.4, 0.5) is 27.0 Å². The number of anilines is 3. The van der Waals surface area contributed by atoms with E-state index in [0.29, 0.717) is 36.9 Å². The van der Waals surface area contributed by atoms with E-state index in [1.165, 1.54) is 4.88 Å². The van der Waals surface area contributed by atoms with Gasteiger partial charge in [-0.2, -0.15) is 5.10 Å². The second-order valence-corrected chi connectivity index (χ2v) is 14.5. The van der Waals surface area contributed by atoms with Crippen LogP contribution in [0, 0.1) is 6.57 Å². The van der Waals surface area contributed by atoms with E-state index in [9.17, 15) is 4.79 Å². The van der Waals surface area contributed by atoms with E-state index in [1.807, 2.05) is 31.6 Å². The highest BCUT2D eigenvalue weighted by Crippen LogP contribution is 2.52. The Balaban J connectivity index is 1.31. The van der Waals surface area contributed by atoms with E-state index in [4.69, 9.17) is 27.1 Å². The molecule has 1 aliphatic carbocycles. The molecular formula is C32H43N9O2S. The van der Waals surface area contributed by atoms with Crippen molar-refractivity contribution in [2.24, 2.45) is 0 Å². The molecule has 234 valence electrons. The van der Waals surface area contributed by atoms with Gasteiger partial charge in [0.05, 0.1) is 17.8 Å². The van der Waals surface area contributed by atoms with Crippen LogP contribution in [0.25, 0.3) is 10.7 Å². The predicted octanol–water partition coefficient (Wildman–Crippen LogP) is 4.91. The maximum absolute atomic E-state index is 12.7. The van der Waals surface area contributed by atoms with Gasteiger partial charge in [-0.25, -0.2) is 19.3 Å². The Morgan fingerprint density at radius 2 is 1.75 bits per heavy atom. The molecule has 0 aromatic carbocycles. The fourth-order valence-electron chi connectivity index (χ4n) is 6.55. The van der Waals surface area contributed by atoms with Gasteiger partial charge in [0.1, 0.15) is 11.4 Å². The molecule has 0 saturated carbocycles. The van der Waals surface area contributed by atoms with Crippen LogP contribution in [0.5, 0.6) is 0 Å². The van der Waals surface area contributed by atoms with Crippen LogP contribution in [0.2, 0.25) is 0 Å². The highest BCUT2D eigenvalue weighted by atomic mass is 32.1. The van der Waals surface area contributed by atoms with Gasteiger partial charge in [0.2, 0.25) is 5.69 Å². The predicted molar refractivity (Wildman–Crippen MR) is 175 cm³/mol. The first-order chi connectivity index (χ1) is 20.9. The third kappa shape index (κ3) is 5.83. The van der Waals surface area contributed by atoms with Gasteiger partial charge in [0.15, 0.2) is 5.82 Å². The van der Waals surface area contributed by atoms with Crippen LogP contribution in [0.15, 0.2) is 24.5 Å². The molecule has 0 bridgehead atoms. The number of thiophene rings is 1. The summed E-state index contributed by atoms with van der Waals surface area (Å²) >= 11 is 1.56. The zero-order chi connectivity index (χ0) is 31.2. The number of fused-ring (bicyclic) bond motifs is 1. The van der Waals surface area contributed by atoms with Crippen molar-refractivity contribution in [1.82, 2.24) is 24.6 Å². The molecule has 12 heteroatoms. The number of carbonyl (C=O) groups excluding carboxylic acids is 1. The number of hydrogen-bond donors (Lipinski definition) is 1. The van der Waals surface area contributed by atoms with E-state index in [1.54, 1.807) is 16.2 Å². The summed E-state index contributed by atoms with van der Waals surface area (Å²) in [6, 6.07) is 4.27. The number of pyridine rings is 1. The molecule has 2 fully saturated rings. The molecule has 0 spiro atoms. The summed E-state index contributed by atoms with van der Waals surface area (Å²) in [5.41, 5.74) is 9.25. The molecule has 1 unspecified atom stereocenters. The number of nitrogens with two attached hydrogens (primary N) is 1. The second-order valence-electron chi connectivity index (χ2n) is 13.4. The molecule has 2 aliphatic heterocycles. The monoisotopic (exact) mass is 617 g/mol. The zero-order valence-electron chi connectivity index (χ0n) is 26.5. The Hall–Kier alpha value is -3.82. The Labute approximate surface area is 264 Å². The Morgan fingerprint density at radius 3 is 2.43 bits per heavy atom. The van der Waals surface area contributed by atoms with Gasteiger partial charge >= 0.3 is 6.09 Å². The number of hydrogen-bond acceptors (Lipinski definition) is 9. The van der Waals surface area contributed by atoms with Crippen molar-refractivity contribution < 1.29 is 9.53 Å². The van der Waals surface area contributed by atoms with Crippen molar-refractivity contribution in [3.63, 3.8) is 0 Å². The molecule has 5 heterocycles. The smallest absolute Gasteiger partial charge is 0.410 e. The maximum atomic E-state index is 12.7. The van der Waals surface area contributed by atoms with Crippen LogP contribution in [-0.2, 0) is 16.6 Å². The number of aryl methyl sites for hydroxylation is 1. The minimum absolute atomic E-state index is 0.261. The van der Waals surface area contributed by atoms with Crippen LogP contribution >= 0.6 is 11.3 Å². The molecule has 44 heavy (non-hydrogen) atoms. The van der Waals surface area contributed by atoms with Crippen molar-refractivity contribution in [1.29, 1.82) is 0 Å². The molecule has 3 aromatic rings. The van der Waals surface area contributed by atoms with E-state index >= 15 is 0 Å². The maximum Gasteiger partial charge on any atom is 0.410 e. The summed E-state index contributed by atoms with van der Waals surface area (Å²) in [6.07, 6.45) is 6.69. The number of nitrogens with zero attached hydrogens (tertiary/aromatic N) is 8. The van der Waals surface area contributed by atoms with Crippen molar-refractivity contribution >= 4 is 39.6 Å². The normalized spacial score (nSPS) is 21.2. The van der Waals surface area contributed by atoms with Gasteiger partial charge in [-0.3, -0.25) is 0 Å². The van der Waals surface area contributed by atoms with Crippen LogP contribution in [0.1, 0.15) is 56.5 Å². The minimum atomic E-state index is -0.516. The Morgan fingerprint density at radius 1 is 1.07 bits per heavy atom. The average Bonchev–Trinajstić information content (AvgIpc) is 3.62. The molecular weight excluding hydrogens is 574 g/mol. The molecule has 2 saturated heterocycles. The molecule has 6 rings (SSSR count). The number of ether oxygens (including phenoxy) is 1. The quantitative estimate of drug-likeness (QED) is 0.412. The zero-order valence-corrected chi connectivity index (χ0v) is 27.3. The van der Waals surface area contributed by atoms with E-state index < -0.39 is 5.60 Å². The van der Waals surface area contributed by atoms with Gasteiger partial charge in [-0.05, 0) is 63.1 Å². The largest absolute Gasteiger partial charge is 0.444 e. The van der Waals surface area contributed by atoms with Gasteiger partial charge in [0, 0.05) is 81.8 Å². The molecule has 2 N–H and O–H groups in total. The minimum Gasteiger partial charge on any atom is -0.444 e. The van der Waals surface area contributed by atoms with Crippen LogP contribution in [-0.4, -0.2) is 95.7 Å². The average molecular weight is 618 g/mol. The van der Waals surface area contributed by atoms with Gasteiger partial charge in [-0.1, -0.05) is 6.92 Å². The summed E-state index contributed by atoms with van der Waals surface area (Å²) in [6.45, 7) is 22.1. The van der Waals surface area contributed by atoms with E-state index in [-0.39, 0.29) is 11.5 Å². The van der Waals surface area contributed by atoms with Gasteiger partial charge < -0.3 is 30.1 Å². The topological polar surface area (TPSA) is 100 Å². The van der Waals surface area contributed by atoms with Gasteiger partial charge in [0.25, 0.3) is 0 Å². The summed E-state index contributed by atoms with van der Waals surface area (Å²) in [7, 11) is 2.15. The summed E-state index contributed by atoms with van der Waals surface area (Å²) in [4.78, 5) is 31.7. The summed E-state index contributed by atoms with van der Waals surface area (Å²) < 4.78 is 7.49. The molecule has 0 radical (unpaired) electrons. The lowest BCUT2D eigenvalue weighted by Crippen LogP contribution is -2.50. The number of amides is 1. The number of carbonyl (C=O) groups is 1. The first kappa shape index (κ1) is 30.2. The third-order valence-electron chi connectivity index (χ3n) is 9.09. The lowest BCUT2D eigenvalue weighted by molar-refractivity contribution is 0.0240. The number of likely N-dealkylation sites (N-methyl/N-ethyl adjacent to an activating group) is 1. The first-order valence-corrected chi connectivity index (χ1v) is 16.3. The fraction of sp³-hybridized carbons (Fsp3) is 0.562. The number of piperazine rings is 2. The molecule has 1 amide bonds. The fourth-order valence-corrected chi connectivity index (χ4v) is 7.73. The molecule has 3 aliphatic rings. The lowest BCUT2D eigenvalue weighted by atomic mass is 9.70. The first-order valence-electron chi connectivity index (χ1n) is 15.5. The van der Waals surface area contributed by atoms with Crippen LogP contribution < -0.4 is 15.5 Å². The van der Waals surface area contributed by atoms with Crippen LogP contribution in [0.3, 0.4) is 0 Å². The third-order valence-corrected chi connectivity index (χ3v) is 10.2. The summed E-state index contributed by atoms with van der Waals surface area (Å²) in [5.74, 6) is 1.69. The second kappa shape index (κ2) is 11.6. The Bertz CT molecular complexity index is 1570. The summed E-state index contributed by atoms with van der Waals surface area (Å²) in [5, 5.41) is 5.44. The highest BCUT2D eigenvalue weighted by Gasteiger charge is 2.39.